The molecule has 4 heteroatoms. The number of carbonyl (C=O) groups excluding carboxylic acids is 1. The smallest absolute Gasteiger partial charge is 0.250 e. The maximum Gasteiger partial charge on any atom is 0.250 e. The van der Waals surface area contributed by atoms with E-state index in [0.717, 1.165) is 16.5 Å². The molecule has 0 spiro atoms. The molecule has 1 aromatic carbocycles. The van der Waals surface area contributed by atoms with Crippen molar-refractivity contribution in [3.8, 4) is 5.75 Å². The molecule has 2 nitrogen and oxygen atoms in total. The molecule has 0 saturated heterocycles. The lowest BCUT2D eigenvalue weighted by Gasteiger charge is -2.36. The quantitative estimate of drug-likeness (QED) is 0.600. The van der Waals surface area contributed by atoms with Crippen molar-refractivity contribution in [2.24, 2.45) is 0 Å². The normalized spacial score (nSPS) is 12.4. The van der Waals surface area contributed by atoms with Gasteiger partial charge in [-0.1, -0.05) is 36.7 Å². The monoisotopic (exact) mass is 314 g/mol. The highest BCUT2D eigenvalue weighted by Gasteiger charge is 2.38. The Hall–Kier alpha value is -0.613. The molecule has 0 saturated carbocycles. The van der Waals surface area contributed by atoms with Gasteiger partial charge in [0.25, 0.3) is 0 Å². The number of rotatable bonds is 3. The summed E-state index contributed by atoms with van der Waals surface area (Å²) in [6.45, 7) is 11.0. The van der Waals surface area contributed by atoms with Crippen LogP contribution in [0.4, 0.5) is 0 Å². The number of carbonyl (C=O) groups is 1. The van der Waals surface area contributed by atoms with E-state index >= 15 is 0 Å². The van der Waals surface area contributed by atoms with Crippen LogP contribution in [-0.4, -0.2) is 14.6 Å². The van der Waals surface area contributed by atoms with Crippen LogP contribution in [0, 0.1) is 0 Å². The molecule has 0 heterocycles. The molecule has 0 N–H and O–H groups in total. The molecule has 0 aliphatic carbocycles. The number of hydrogen-bond donors (Lipinski definition) is 0. The minimum absolute atomic E-state index is 0.154. The first-order valence-electron chi connectivity index (χ1n) is 5.61. The molecule has 0 aliphatic rings. The fraction of sp³-hybridized carbons (Fsp3) is 0.462. The van der Waals surface area contributed by atoms with Gasteiger partial charge in [0.2, 0.25) is 8.32 Å². The van der Waals surface area contributed by atoms with Crippen LogP contribution in [0.2, 0.25) is 18.1 Å². The molecule has 94 valence electrons. The number of hydrogen-bond acceptors (Lipinski definition) is 2. The van der Waals surface area contributed by atoms with Gasteiger partial charge in [0.1, 0.15) is 5.75 Å². The zero-order valence-corrected chi connectivity index (χ0v) is 13.6. The fourth-order valence-electron chi connectivity index (χ4n) is 1.12. The second-order valence-corrected chi connectivity index (χ2v) is 11.2. The lowest BCUT2D eigenvalue weighted by Crippen LogP contribution is -2.43. The predicted molar refractivity (Wildman–Crippen MR) is 77.4 cm³/mol. The van der Waals surface area contributed by atoms with E-state index in [1.165, 1.54) is 0 Å². The van der Waals surface area contributed by atoms with Crippen LogP contribution < -0.4 is 4.43 Å². The van der Waals surface area contributed by atoms with Gasteiger partial charge >= 0.3 is 0 Å². The van der Waals surface area contributed by atoms with Crippen LogP contribution in [0.15, 0.2) is 22.7 Å². The van der Waals surface area contributed by atoms with E-state index in [1.807, 2.05) is 12.1 Å². The van der Waals surface area contributed by atoms with Crippen LogP contribution in [0.5, 0.6) is 5.75 Å². The minimum Gasteiger partial charge on any atom is -0.543 e. The summed E-state index contributed by atoms with van der Waals surface area (Å²) in [7, 11) is -1.83. The first-order chi connectivity index (χ1) is 7.67. The molecule has 0 atom stereocenters. The van der Waals surface area contributed by atoms with Crippen LogP contribution in [-0.2, 0) is 0 Å². The van der Waals surface area contributed by atoms with E-state index in [0.29, 0.717) is 5.56 Å². The molecule has 0 aromatic heterocycles. The SMILES string of the molecule is CC(C)(C)[Si](C)(C)Oc1ccc(Br)c(C=O)c1. The Morgan fingerprint density at radius 1 is 1.29 bits per heavy atom. The van der Waals surface area contributed by atoms with Gasteiger partial charge in [0.15, 0.2) is 6.29 Å². The third kappa shape index (κ3) is 3.42. The van der Waals surface area contributed by atoms with Gasteiger partial charge < -0.3 is 4.43 Å². The van der Waals surface area contributed by atoms with Crippen LogP contribution in [0.1, 0.15) is 31.1 Å². The third-order valence-electron chi connectivity index (χ3n) is 3.27. The van der Waals surface area contributed by atoms with Crippen molar-refractivity contribution in [3.63, 3.8) is 0 Å². The molecule has 0 fully saturated rings. The highest BCUT2D eigenvalue weighted by atomic mass is 79.9. The lowest BCUT2D eigenvalue weighted by atomic mass is 10.2. The van der Waals surface area contributed by atoms with Crippen LogP contribution in [0.3, 0.4) is 0 Å². The van der Waals surface area contributed by atoms with Crippen molar-refractivity contribution in [1.82, 2.24) is 0 Å². The largest absolute Gasteiger partial charge is 0.543 e. The predicted octanol–water partition coefficient (Wildman–Crippen LogP) is 4.65. The Kier molecular flexibility index (Phi) is 4.20. The second kappa shape index (κ2) is 4.94. The van der Waals surface area contributed by atoms with Gasteiger partial charge in [-0.15, -0.1) is 0 Å². The fourth-order valence-corrected chi connectivity index (χ4v) is 2.49. The van der Waals surface area contributed by atoms with Crippen molar-refractivity contribution in [2.45, 2.75) is 38.9 Å². The van der Waals surface area contributed by atoms with E-state index in [4.69, 9.17) is 4.43 Å². The van der Waals surface area contributed by atoms with Crippen molar-refractivity contribution in [2.75, 3.05) is 0 Å². The maximum absolute atomic E-state index is 10.9. The van der Waals surface area contributed by atoms with Gasteiger partial charge in [-0.05, 0) is 36.3 Å². The molecule has 0 unspecified atom stereocenters. The zero-order chi connectivity index (χ0) is 13.3. The Bertz CT molecular complexity index is 422. The maximum atomic E-state index is 10.9. The van der Waals surface area contributed by atoms with E-state index in [1.54, 1.807) is 6.07 Å². The molecular weight excluding hydrogens is 296 g/mol. The van der Waals surface area contributed by atoms with Gasteiger partial charge in [0.05, 0.1) is 0 Å². The van der Waals surface area contributed by atoms with Crippen molar-refractivity contribution in [1.29, 1.82) is 0 Å². The van der Waals surface area contributed by atoms with E-state index in [9.17, 15) is 4.79 Å². The Morgan fingerprint density at radius 2 is 1.88 bits per heavy atom. The summed E-state index contributed by atoms with van der Waals surface area (Å²) in [5, 5.41) is 0.154. The number of aldehydes is 1. The molecular formula is C13H19BrO2Si. The highest BCUT2D eigenvalue weighted by Crippen LogP contribution is 2.37. The summed E-state index contributed by atoms with van der Waals surface area (Å²) in [6, 6.07) is 5.54. The van der Waals surface area contributed by atoms with Gasteiger partial charge in [-0.25, -0.2) is 0 Å². The van der Waals surface area contributed by atoms with Gasteiger partial charge in [-0.3, -0.25) is 4.79 Å². The molecule has 0 radical (unpaired) electrons. The Labute approximate surface area is 113 Å². The van der Waals surface area contributed by atoms with Crippen LogP contribution >= 0.6 is 15.9 Å². The van der Waals surface area contributed by atoms with E-state index < -0.39 is 8.32 Å². The van der Waals surface area contributed by atoms with Crippen LogP contribution in [0.25, 0.3) is 0 Å². The summed E-state index contributed by atoms with van der Waals surface area (Å²) in [5.41, 5.74) is 0.626. The van der Waals surface area contributed by atoms with Crippen molar-refractivity contribution in [3.05, 3.63) is 28.2 Å². The summed E-state index contributed by atoms with van der Waals surface area (Å²) < 4.78 is 6.92. The molecule has 1 rings (SSSR count). The summed E-state index contributed by atoms with van der Waals surface area (Å²) in [6.07, 6.45) is 0.836. The lowest BCUT2D eigenvalue weighted by molar-refractivity contribution is 0.112. The average molecular weight is 315 g/mol. The topological polar surface area (TPSA) is 26.3 Å². The Morgan fingerprint density at radius 3 is 2.35 bits per heavy atom. The summed E-state index contributed by atoms with van der Waals surface area (Å²) in [5.74, 6) is 0.780. The molecule has 17 heavy (non-hydrogen) atoms. The van der Waals surface area contributed by atoms with E-state index in [-0.39, 0.29) is 5.04 Å². The first kappa shape index (κ1) is 14.4. The minimum atomic E-state index is -1.83. The molecule has 0 amide bonds. The van der Waals surface area contributed by atoms with Crippen molar-refractivity contribution < 1.29 is 9.22 Å². The summed E-state index contributed by atoms with van der Waals surface area (Å²) in [4.78, 5) is 10.9. The van der Waals surface area contributed by atoms with Gasteiger partial charge in [-0.2, -0.15) is 0 Å². The molecule has 1 aromatic rings. The highest BCUT2D eigenvalue weighted by molar-refractivity contribution is 9.10. The molecule has 0 aliphatic heterocycles. The second-order valence-electron chi connectivity index (χ2n) is 5.66. The summed E-state index contributed by atoms with van der Waals surface area (Å²) >= 11 is 3.33. The first-order valence-corrected chi connectivity index (χ1v) is 9.31. The molecule has 0 bridgehead atoms. The third-order valence-corrected chi connectivity index (χ3v) is 8.35. The number of halogens is 1. The average Bonchev–Trinajstić information content (AvgIpc) is 2.19. The standard InChI is InChI=1S/C13H19BrO2Si/c1-13(2,3)17(4,5)16-11-6-7-12(14)10(8-11)9-15/h6-9H,1-5H3. The van der Waals surface area contributed by atoms with E-state index in [2.05, 4.69) is 49.8 Å². The number of benzene rings is 1. The van der Waals surface area contributed by atoms with Gasteiger partial charge in [0, 0.05) is 10.0 Å². The Balaban J connectivity index is 3.00. The van der Waals surface area contributed by atoms with Crippen molar-refractivity contribution >= 4 is 30.5 Å². The zero-order valence-electron chi connectivity index (χ0n) is 11.0.